The van der Waals surface area contributed by atoms with E-state index < -0.39 is 0 Å². The summed E-state index contributed by atoms with van der Waals surface area (Å²) in [5.74, 6) is 0. The highest BCUT2D eigenvalue weighted by Gasteiger charge is 1.94. The summed E-state index contributed by atoms with van der Waals surface area (Å²) in [6.07, 6.45) is 0.219. The van der Waals surface area contributed by atoms with Gasteiger partial charge < -0.3 is 7.80 Å². The molecule has 0 saturated carbocycles. The van der Waals surface area contributed by atoms with Gasteiger partial charge in [0.05, 0.1) is 12.7 Å². The summed E-state index contributed by atoms with van der Waals surface area (Å²) in [7, 11) is 1.67. The molecule has 7 heavy (non-hydrogen) atoms. The Labute approximate surface area is 57.9 Å². The maximum atomic E-state index is 4.86. The van der Waals surface area contributed by atoms with Crippen molar-refractivity contribution < 1.29 is 7.80 Å². The fourth-order valence-corrected chi connectivity index (χ4v) is 0.663. The molecule has 0 bridgehead atoms. The fraction of sp³-hybridized carbons (Fsp3) is 1.00. The van der Waals surface area contributed by atoms with Crippen LogP contribution in [-0.2, 0) is 7.80 Å². The van der Waals surface area contributed by atoms with Gasteiger partial charge in [-0.1, -0.05) is 0 Å². The second kappa shape index (κ2) is 4.80. The van der Waals surface area contributed by atoms with Crippen LogP contribution in [0.2, 0.25) is 0 Å². The van der Waals surface area contributed by atoms with Gasteiger partial charge in [0.2, 0.25) is 0 Å². The van der Waals surface area contributed by atoms with Crippen molar-refractivity contribution in [1.29, 1.82) is 0 Å². The van der Waals surface area contributed by atoms with Crippen LogP contribution in [0.25, 0.3) is 0 Å². The molecular weight excluding hydrogens is 207 g/mol. The fourth-order valence-electron chi connectivity index (χ4n) is 0.157. The van der Waals surface area contributed by atoms with Crippen LogP contribution in [-0.4, -0.2) is 19.8 Å². The van der Waals surface area contributed by atoms with Crippen LogP contribution in [0, 0.1) is 0 Å². The lowest BCUT2D eigenvalue weighted by Crippen LogP contribution is -2.09. The maximum Gasteiger partial charge on any atom is 0.109 e. The number of methoxy groups -OCH3 is 1. The monoisotopic (exact) mass is 216 g/mol. The van der Waals surface area contributed by atoms with Gasteiger partial charge in [-0.2, -0.15) is 0 Å². The third-order valence-corrected chi connectivity index (χ3v) is 1.06. The average Bonchev–Trinajstić information content (AvgIpc) is 1.68. The molecule has 0 radical (unpaired) electrons. The Morgan fingerprint density at radius 3 is 2.43 bits per heavy atom. The van der Waals surface area contributed by atoms with Crippen molar-refractivity contribution in [3.05, 3.63) is 0 Å². The summed E-state index contributed by atoms with van der Waals surface area (Å²) in [5.41, 5.74) is 0. The molecule has 0 fully saturated rings. The van der Waals surface area contributed by atoms with Crippen LogP contribution in [0.3, 0.4) is 0 Å². The minimum absolute atomic E-state index is 0.219. The second-order valence-corrected chi connectivity index (χ2v) is 1.94. The van der Waals surface area contributed by atoms with Gasteiger partial charge in [0.1, 0.15) is 23.0 Å². The van der Waals surface area contributed by atoms with E-state index in [9.17, 15) is 0 Å². The molecular formula is C4H9IO2. The van der Waals surface area contributed by atoms with Gasteiger partial charge in [-0.3, -0.25) is 0 Å². The molecule has 0 spiro atoms. The van der Waals surface area contributed by atoms with E-state index in [-0.39, 0.29) is 6.10 Å². The Balaban J connectivity index is 2.83. The molecule has 0 aromatic carbocycles. The van der Waals surface area contributed by atoms with Gasteiger partial charge in [-0.15, -0.1) is 0 Å². The number of ether oxygens (including phenoxy) is 1. The van der Waals surface area contributed by atoms with Crippen LogP contribution in [0.4, 0.5) is 0 Å². The van der Waals surface area contributed by atoms with Crippen LogP contribution in [0.1, 0.15) is 6.92 Å². The third kappa shape index (κ3) is 4.50. The molecule has 0 aliphatic rings. The lowest BCUT2D eigenvalue weighted by Gasteiger charge is -2.03. The first kappa shape index (κ1) is 7.65. The largest absolute Gasteiger partial charge is 0.379 e. The van der Waals surface area contributed by atoms with E-state index in [4.69, 9.17) is 7.80 Å². The Kier molecular flexibility index (Phi) is 5.25. The maximum absolute atomic E-state index is 4.86. The van der Waals surface area contributed by atoms with Crippen molar-refractivity contribution in [2.45, 2.75) is 13.0 Å². The molecule has 1 unspecified atom stereocenters. The highest BCUT2D eigenvalue weighted by molar-refractivity contribution is 14.1. The SMILES string of the molecule is COC(C)COI. The minimum Gasteiger partial charge on any atom is -0.379 e. The average molecular weight is 216 g/mol. The Morgan fingerprint density at radius 1 is 1.71 bits per heavy atom. The molecule has 0 aliphatic heterocycles. The van der Waals surface area contributed by atoms with Gasteiger partial charge in [-0.25, -0.2) is 0 Å². The predicted octanol–water partition coefficient (Wildman–Crippen LogP) is 1.39. The van der Waals surface area contributed by atoms with E-state index >= 15 is 0 Å². The molecule has 0 amide bonds. The van der Waals surface area contributed by atoms with Gasteiger partial charge >= 0.3 is 0 Å². The van der Waals surface area contributed by atoms with Gasteiger partial charge in [0, 0.05) is 7.11 Å². The molecule has 0 saturated heterocycles. The number of halogens is 1. The van der Waals surface area contributed by atoms with Gasteiger partial charge in [0.15, 0.2) is 0 Å². The number of hydrogen-bond acceptors (Lipinski definition) is 2. The zero-order valence-corrected chi connectivity index (χ0v) is 6.64. The van der Waals surface area contributed by atoms with Crippen molar-refractivity contribution in [1.82, 2.24) is 0 Å². The normalized spacial score (nSPS) is 14.1. The molecule has 3 heteroatoms. The smallest absolute Gasteiger partial charge is 0.109 e. The quantitative estimate of drug-likeness (QED) is 0.663. The lowest BCUT2D eigenvalue weighted by molar-refractivity contribution is 0.0865. The first-order valence-corrected chi connectivity index (χ1v) is 2.95. The highest BCUT2D eigenvalue weighted by Crippen LogP contribution is 1.92. The molecule has 2 nitrogen and oxygen atoms in total. The summed E-state index contributed by atoms with van der Waals surface area (Å²) >= 11 is 1.85. The zero-order chi connectivity index (χ0) is 5.70. The molecule has 0 rings (SSSR count). The predicted molar refractivity (Wildman–Crippen MR) is 36.4 cm³/mol. The van der Waals surface area contributed by atoms with Crippen molar-refractivity contribution in [2.75, 3.05) is 13.7 Å². The zero-order valence-electron chi connectivity index (χ0n) is 4.48. The molecule has 0 aliphatic carbocycles. The van der Waals surface area contributed by atoms with Crippen molar-refractivity contribution in [3.63, 3.8) is 0 Å². The Morgan fingerprint density at radius 2 is 2.29 bits per heavy atom. The van der Waals surface area contributed by atoms with Crippen molar-refractivity contribution >= 4 is 23.0 Å². The van der Waals surface area contributed by atoms with Crippen molar-refractivity contribution in [2.24, 2.45) is 0 Å². The highest BCUT2D eigenvalue weighted by atomic mass is 127. The summed E-state index contributed by atoms with van der Waals surface area (Å²) in [6.45, 7) is 2.62. The van der Waals surface area contributed by atoms with E-state index in [2.05, 4.69) is 0 Å². The molecule has 44 valence electrons. The van der Waals surface area contributed by atoms with Gasteiger partial charge in [-0.05, 0) is 6.92 Å². The third-order valence-electron chi connectivity index (χ3n) is 0.700. The molecule has 0 aromatic heterocycles. The first-order chi connectivity index (χ1) is 3.31. The standard InChI is InChI=1S/C4H9IO2/c1-4(6-2)3-7-5/h4H,3H2,1-2H3. The van der Waals surface area contributed by atoms with Crippen molar-refractivity contribution in [3.8, 4) is 0 Å². The molecule has 0 N–H and O–H groups in total. The van der Waals surface area contributed by atoms with Crippen LogP contribution in [0.15, 0.2) is 0 Å². The Hall–Kier alpha value is 0.650. The summed E-state index contributed by atoms with van der Waals surface area (Å²) in [4.78, 5) is 0. The van der Waals surface area contributed by atoms with Gasteiger partial charge in [0.25, 0.3) is 0 Å². The van der Waals surface area contributed by atoms with Crippen LogP contribution in [0.5, 0.6) is 0 Å². The van der Waals surface area contributed by atoms with E-state index in [1.165, 1.54) is 0 Å². The lowest BCUT2D eigenvalue weighted by atomic mass is 10.4. The minimum atomic E-state index is 0.219. The van der Waals surface area contributed by atoms with E-state index in [0.29, 0.717) is 6.61 Å². The molecule has 1 atom stereocenters. The van der Waals surface area contributed by atoms with Crippen LogP contribution >= 0.6 is 23.0 Å². The van der Waals surface area contributed by atoms with E-state index in [0.717, 1.165) is 0 Å². The first-order valence-electron chi connectivity index (χ1n) is 2.07. The topological polar surface area (TPSA) is 18.5 Å². The number of rotatable bonds is 3. The van der Waals surface area contributed by atoms with E-state index in [1.807, 2.05) is 29.9 Å². The summed E-state index contributed by atoms with van der Waals surface area (Å²) in [5, 5.41) is 0. The number of hydrogen-bond donors (Lipinski definition) is 0. The molecule has 0 aromatic rings. The second-order valence-electron chi connectivity index (χ2n) is 1.32. The molecule has 0 heterocycles. The van der Waals surface area contributed by atoms with E-state index in [1.54, 1.807) is 7.11 Å². The summed E-state index contributed by atoms with van der Waals surface area (Å²) < 4.78 is 9.60. The Bertz CT molecular complexity index is 40.7. The summed E-state index contributed by atoms with van der Waals surface area (Å²) in [6, 6.07) is 0. The van der Waals surface area contributed by atoms with Crippen LogP contribution < -0.4 is 0 Å².